The Morgan fingerprint density at radius 3 is 2.83 bits per heavy atom. The molecule has 1 aliphatic heterocycles. The van der Waals surface area contributed by atoms with E-state index >= 15 is 0 Å². The molecule has 3 aliphatic carbocycles. The third-order valence-corrected chi connectivity index (χ3v) is 8.55. The van der Waals surface area contributed by atoms with Crippen molar-refractivity contribution in [2.75, 3.05) is 33.4 Å². The van der Waals surface area contributed by atoms with Gasteiger partial charge in [-0.05, 0) is 105 Å². The van der Waals surface area contributed by atoms with Gasteiger partial charge < -0.3 is 9.57 Å². The first kappa shape index (κ1) is 19.4. The maximum atomic E-state index is 5.84. The van der Waals surface area contributed by atoms with E-state index < -0.39 is 0 Å². The summed E-state index contributed by atoms with van der Waals surface area (Å²) in [5.74, 6) is 3.28. The predicted octanol–water partition coefficient (Wildman–Crippen LogP) is 5.02. The van der Waals surface area contributed by atoms with Gasteiger partial charge in [-0.25, -0.2) is 0 Å². The van der Waals surface area contributed by atoms with Crippen LogP contribution in [0.2, 0.25) is 0 Å². The summed E-state index contributed by atoms with van der Waals surface area (Å²) in [4.78, 5) is 8.34. The van der Waals surface area contributed by atoms with Crippen LogP contribution in [-0.2, 0) is 11.3 Å². The van der Waals surface area contributed by atoms with Crippen LogP contribution in [0.5, 0.6) is 5.75 Å². The normalized spacial score (nSPS) is 35.2. The van der Waals surface area contributed by atoms with Crippen molar-refractivity contribution in [3.63, 3.8) is 0 Å². The molecule has 1 aromatic carbocycles. The zero-order valence-corrected chi connectivity index (χ0v) is 18.2. The lowest BCUT2D eigenvalue weighted by molar-refractivity contribution is 0.0859. The van der Waals surface area contributed by atoms with Gasteiger partial charge in [-0.1, -0.05) is 18.1 Å². The summed E-state index contributed by atoms with van der Waals surface area (Å²) in [5, 5.41) is 4.72. The minimum Gasteiger partial charge on any atom is -0.497 e. The van der Waals surface area contributed by atoms with Gasteiger partial charge >= 0.3 is 0 Å². The Labute approximate surface area is 175 Å². The van der Waals surface area contributed by atoms with Crippen LogP contribution in [0.4, 0.5) is 0 Å². The lowest BCUT2D eigenvalue weighted by atomic mass is 9.55. The monoisotopic (exact) mass is 396 g/mol. The number of aryl methyl sites for hydroxylation is 1. The van der Waals surface area contributed by atoms with Crippen LogP contribution in [0.1, 0.15) is 68.9 Å². The highest BCUT2D eigenvalue weighted by atomic mass is 16.6. The SMILES string of the molecule is COc1ccc2c(c1)CC[C@@H]1[C@@H]2CC[C@]2(C)/C(=N/OCCN3CCCC3)CC[C@@H]12. The number of hydrogen-bond donors (Lipinski definition) is 0. The van der Waals surface area contributed by atoms with Crippen molar-refractivity contribution in [3.8, 4) is 5.75 Å². The van der Waals surface area contributed by atoms with Crippen LogP contribution in [0.3, 0.4) is 0 Å². The molecule has 5 rings (SSSR count). The average Bonchev–Trinajstić information content (AvgIpc) is 3.38. The molecule has 158 valence electrons. The molecule has 1 aromatic rings. The third-order valence-electron chi connectivity index (χ3n) is 8.55. The van der Waals surface area contributed by atoms with Gasteiger partial charge in [-0.2, -0.15) is 0 Å². The van der Waals surface area contributed by atoms with Crippen LogP contribution in [0.25, 0.3) is 0 Å². The fourth-order valence-electron chi connectivity index (χ4n) is 6.92. The Kier molecular flexibility index (Phi) is 5.32. The first-order valence-corrected chi connectivity index (χ1v) is 11.8. The van der Waals surface area contributed by atoms with Gasteiger partial charge in [0.05, 0.1) is 12.8 Å². The van der Waals surface area contributed by atoms with E-state index in [1.54, 1.807) is 12.7 Å². The Morgan fingerprint density at radius 1 is 1.14 bits per heavy atom. The molecule has 0 amide bonds. The Balaban J connectivity index is 1.27. The van der Waals surface area contributed by atoms with E-state index in [0.717, 1.165) is 43.1 Å². The van der Waals surface area contributed by atoms with Crippen molar-refractivity contribution in [2.45, 2.75) is 64.2 Å². The second-order valence-corrected chi connectivity index (χ2v) is 9.90. The smallest absolute Gasteiger partial charge is 0.129 e. The van der Waals surface area contributed by atoms with Gasteiger partial charge in [0, 0.05) is 12.0 Å². The lowest BCUT2D eigenvalue weighted by Crippen LogP contribution is -2.42. The highest BCUT2D eigenvalue weighted by molar-refractivity contribution is 5.92. The van der Waals surface area contributed by atoms with Crippen LogP contribution in [-0.4, -0.2) is 44.0 Å². The number of oxime groups is 1. The second kappa shape index (κ2) is 7.94. The van der Waals surface area contributed by atoms with Crippen LogP contribution < -0.4 is 4.74 Å². The maximum absolute atomic E-state index is 5.84. The van der Waals surface area contributed by atoms with Crippen molar-refractivity contribution < 1.29 is 9.57 Å². The molecular weight excluding hydrogens is 360 g/mol. The van der Waals surface area contributed by atoms with E-state index in [0.29, 0.717) is 0 Å². The van der Waals surface area contributed by atoms with Gasteiger partial charge in [0.1, 0.15) is 12.4 Å². The highest BCUT2D eigenvalue weighted by Gasteiger charge is 2.53. The zero-order chi connectivity index (χ0) is 19.8. The standard InChI is InChI=1S/C25H36N2O2/c1-25-12-11-21-20-8-6-19(28-2)17-18(20)5-7-22(21)23(25)9-10-24(25)26-29-16-15-27-13-3-4-14-27/h6,8,17,21-23H,3-5,7,9-16H2,1-2H3/b26-24+/t21-,22-,23+,25+/m1/s1. The fourth-order valence-corrected chi connectivity index (χ4v) is 6.92. The molecule has 3 fully saturated rings. The zero-order valence-electron chi connectivity index (χ0n) is 18.2. The van der Waals surface area contributed by atoms with Crippen molar-refractivity contribution >= 4 is 5.71 Å². The molecule has 4 atom stereocenters. The molecule has 4 nitrogen and oxygen atoms in total. The van der Waals surface area contributed by atoms with Gasteiger partial charge in [0.15, 0.2) is 0 Å². The quantitative estimate of drug-likeness (QED) is 0.518. The van der Waals surface area contributed by atoms with Gasteiger partial charge in [-0.3, -0.25) is 4.90 Å². The molecule has 4 aliphatic rings. The minimum absolute atomic E-state index is 0.249. The van der Waals surface area contributed by atoms with Gasteiger partial charge in [-0.15, -0.1) is 0 Å². The van der Waals surface area contributed by atoms with E-state index in [1.807, 2.05) is 0 Å². The summed E-state index contributed by atoms with van der Waals surface area (Å²) < 4.78 is 5.46. The Hall–Kier alpha value is -1.55. The number of nitrogens with zero attached hydrogens (tertiary/aromatic N) is 2. The van der Waals surface area contributed by atoms with Gasteiger partial charge in [0.2, 0.25) is 0 Å². The van der Waals surface area contributed by atoms with E-state index in [1.165, 1.54) is 69.3 Å². The first-order chi connectivity index (χ1) is 14.2. The molecule has 0 bridgehead atoms. The topological polar surface area (TPSA) is 34.1 Å². The third kappa shape index (κ3) is 3.48. The molecule has 0 N–H and O–H groups in total. The van der Waals surface area contributed by atoms with Crippen molar-refractivity contribution in [1.29, 1.82) is 0 Å². The number of benzene rings is 1. The summed E-state index contributed by atoms with van der Waals surface area (Å²) in [6, 6.07) is 6.78. The summed E-state index contributed by atoms with van der Waals surface area (Å²) in [6.07, 6.45) is 10.1. The molecule has 1 heterocycles. The highest BCUT2D eigenvalue weighted by Crippen LogP contribution is 2.60. The first-order valence-electron chi connectivity index (χ1n) is 11.8. The van der Waals surface area contributed by atoms with Crippen LogP contribution in [0, 0.1) is 17.3 Å². The van der Waals surface area contributed by atoms with Crippen LogP contribution >= 0.6 is 0 Å². The average molecular weight is 397 g/mol. The van der Waals surface area contributed by atoms with Crippen molar-refractivity contribution in [1.82, 2.24) is 4.90 Å². The lowest BCUT2D eigenvalue weighted by Gasteiger charge is -2.49. The molecule has 4 heteroatoms. The molecule has 29 heavy (non-hydrogen) atoms. The summed E-state index contributed by atoms with van der Waals surface area (Å²) in [6.45, 7) is 6.72. The van der Waals surface area contributed by atoms with E-state index in [4.69, 9.17) is 14.7 Å². The van der Waals surface area contributed by atoms with Gasteiger partial charge in [0.25, 0.3) is 0 Å². The number of ether oxygens (including phenoxy) is 1. The molecule has 2 saturated carbocycles. The van der Waals surface area contributed by atoms with E-state index in [2.05, 4.69) is 30.0 Å². The van der Waals surface area contributed by atoms with E-state index in [-0.39, 0.29) is 5.41 Å². The predicted molar refractivity (Wildman–Crippen MR) is 117 cm³/mol. The molecule has 1 saturated heterocycles. The summed E-state index contributed by atoms with van der Waals surface area (Å²) >= 11 is 0. The Bertz CT molecular complexity index is 770. The molecule has 0 unspecified atom stereocenters. The summed E-state index contributed by atoms with van der Waals surface area (Å²) in [5.41, 5.74) is 4.71. The molecular formula is C25H36N2O2. The number of fused-ring (bicyclic) bond motifs is 5. The number of methoxy groups -OCH3 is 1. The van der Waals surface area contributed by atoms with Crippen molar-refractivity contribution in [3.05, 3.63) is 29.3 Å². The summed E-state index contributed by atoms with van der Waals surface area (Å²) in [7, 11) is 1.77. The second-order valence-electron chi connectivity index (χ2n) is 9.90. The minimum atomic E-state index is 0.249. The Morgan fingerprint density at radius 2 is 2.00 bits per heavy atom. The van der Waals surface area contributed by atoms with Crippen LogP contribution in [0.15, 0.2) is 23.4 Å². The number of rotatable bonds is 5. The largest absolute Gasteiger partial charge is 0.497 e. The molecule has 0 spiro atoms. The van der Waals surface area contributed by atoms with Crippen molar-refractivity contribution in [2.24, 2.45) is 22.4 Å². The molecule has 0 radical (unpaired) electrons. The number of hydrogen-bond acceptors (Lipinski definition) is 4. The van der Waals surface area contributed by atoms with E-state index in [9.17, 15) is 0 Å². The number of likely N-dealkylation sites (tertiary alicyclic amines) is 1. The fraction of sp³-hybridized carbons (Fsp3) is 0.720. The maximum Gasteiger partial charge on any atom is 0.129 e. The molecule has 0 aromatic heterocycles.